The van der Waals surface area contributed by atoms with E-state index in [1.54, 1.807) is 11.1 Å². The Labute approximate surface area is 99.0 Å². The highest BCUT2D eigenvalue weighted by Crippen LogP contribution is 2.37. The first kappa shape index (κ1) is 11.7. The van der Waals surface area contributed by atoms with Crippen LogP contribution in [0.3, 0.4) is 0 Å². The van der Waals surface area contributed by atoms with Gasteiger partial charge >= 0.3 is 0 Å². The fourth-order valence-corrected chi connectivity index (χ4v) is 3.35. The summed E-state index contributed by atoms with van der Waals surface area (Å²) in [5, 5.41) is 0. The van der Waals surface area contributed by atoms with E-state index in [-0.39, 0.29) is 0 Å². The molecule has 2 aliphatic carbocycles. The van der Waals surface area contributed by atoms with E-state index in [0.717, 1.165) is 11.8 Å². The lowest BCUT2D eigenvalue weighted by molar-refractivity contribution is 0.275. The monoisotopic (exact) mass is 217 g/mol. The van der Waals surface area contributed by atoms with Crippen molar-refractivity contribution in [2.75, 3.05) is 7.05 Å². The van der Waals surface area contributed by atoms with Crippen LogP contribution in [0.25, 0.3) is 0 Å². The highest BCUT2D eigenvalue weighted by molar-refractivity contribution is 5.29. The molecular weight excluding hydrogens is 194 g/mol. The van der Waals surface area contributed by atoms with Gasteiger partial charge in [-0.15, -0.1) is 0 Å². The van der Waals surface area contributed by atoms with Crippen LogP contribution in [-0.4, -0.2) is 7.05 Å². The lowest BCUT2D eigenvalue weighted by atomic mass is 9.80. The maximum atomic E-state index is 4.50. The average molecular weight is 217 g/mol. The van der Waals surface area contributed by atoms with E-state index in [1.165, 1.54) is 45.6 Å². The van der Waals surface area contributed by atoms with Gasteiger partial charge in [-0.1, -0.05) is 43.5 Å². The van der Waals surface area contributed by atoms with Crippen LogP contribution in [0.4, 0.5) is 0 Å². The minimum absolute atomic E-state index is 0.998. The van der Waals surface area contributed by atoms with Crippen molar-refractivity contribution >= 4 is 0 Å². The summed E-state index contributed by atoms with van der Waals surface area (Å²) in [6, 6.07) is 9.09. The molecule has 1 aromatic rings. The van der Waals surface area contributed by atoms with E-state index >= 15 is 0 Å². The van der Waals surface area contributed by atoms with Gasteiger partial charge in [-0.05, 0) is 49.3 Å². The molecule has 2 bridgehead atoms. The van der Waals surface area contributed by atoms with Gasteiger partial charge in [-0.3, -0.25) is 0 Å². The molecule has 0 aromatic heterocycles. The highest BCUT2D eigenvalue weighted by atomic mass is 14.4. The number of hydrogen-bond donors (Lipinski definition) is 1. The summed E-state index contributed by atoms with van der Waals surface area (Å²) < 4.78 is 0. The predicted molar refractivity (Wildman–Crippen MR) is 69.4 cm³/mol. The van der Waals surface area contributed by atoms with Crippen LogP contribution in [0.2, 0.25) is 0 Å². The first-order valence-electron chi connectivity index (χ1n) is 6.56. The summed E-state index contributed by atoms with van der Waals surface area (Å²) in [7, 11) is 1.50. The molecule has 16 heavy (non-hydrogen) atoms. The van der Waals surface area contributed by atoms with Gasteiger partial charge in [-0.25, -0.2) is 0 Å². The Balaban J connectivity index is 0.000000457. The first-order valence-corrected chi connectivity index (χ1v) is 6.56. The number of fused-ring (bicyclic) bond motifs is 3. The molecule has 2 N–H and O–H groups in total. The molecule has 2 unspecified atom stereocenters. The summed E-state index contributed by atoms with van der Waals surface area (Å²) in [5.74, 6) is 2.00. The molecule has 88 valence electrons. The van der Waals surface area contributed by atoms with Crippen LogP contribution in [0.5, 0.6) is 0 Å². The van der Waals surface area contributed by atoms with Gasteiger partial charge in [0, 0.05) is 0 Å². The molecule has 0 spiro atoms. The molecule has 2 aliphatic rings. The van der Waals surface area contributed by atoms with Crippen LogP contribution in [-0.2, 0) is 12.8 Å². The fourth-order valence-electron chi connectivity index (χ4n) is 3.35. The summed E-state index contributed by atoms with van der Waals surface area (Å²) in [5.41, 5.74) is 7.78. The molecule has 0 radical (unpaired) electrons. The van der Waals surface area contributed by atoms with Gasteiger partial charge in [0.2, 0.25) is 0 Å². The van der Waals surface area contributed by atoms with Crippen molar-refractivity contribution < 1.29 is 0 Å². The third-order valence-corrected chi connectivity index (χ3v) is 4.03. The zero-order valence-electron chi connectivity index (χ0n) is 10.3. The van der Waals surface area contributed by atoms with E-state index in [2.05, 4.69) is 30.0 Å². The molecule has 0 saturated heterocycles. The first-order chi connectivity index (χ1) is 7.92. The number of rotatable bonds is 0. The van der Waals surface area contributed by atoms with Crippen molar-refractivity contribution in [3.8, 4) is 0 Å². The van der Waals surface area contributed by atoms with Crippen LogP contribution in [0, 0.1) is 11.8 Å². The van der Waals surface area contributed by atoms with Crippen LogP contribution < -0.4 is 5.73 Å². The van der Waals surface area contributed by atoms with E-state index in [1.807, 2.05) is 0 Å². The standard InChI is InChI=1S/C14H18.CH5N/c1-2-7-14-10-12-5-3-4-11(8-12)9-13(14)6-1;1-2/h1-2,6-7,11-12H,3-5,8-10H2;2H2,1H3. The second-order valence-electron chi connectivity index (χ2n) is 5.08. The molecule has 1 heteroatoms. The van der Waals surface area contributed by atoms with Gasteiger partial charge in [-0.2, -0.15) is 0 Å². The van der Waals surface area contributed by atoms with Gasteiger partial charge in [0.1, 0.15) is 0 Å². The Morgan fingerprint density at radius 2 is 1.44 bits per heavy atom. The van der Waals surface area contributed by atoms with Crippen LogP contribution in [0.1, 0.15) is 36.8 Å². The summed E-state index contributed by atoms with van der Waals surface area (Å²) >= 11 is 0. The SMILES string of the molecule is CN.c1ccc2c(c1)CC1CCCC(C2)C1. The van der Waals surface area contributed by atoms with E-state index in [9.17, 15) is 0 Å². The van der Waals surface area contributed by atoms with Crippen molar-refractivity contribution in [2.24, 2.45) is 17.6 Å². The molecule has 0 heterocycles. The maximum Gasteiger partial charge on any atom is -0.0195 e. The Hall–Kier alpha value is -0.820. The van der Waals surface area contributed by atoms with Gasteiger partial charge < -0.3 is 5.73 Å². The number of nitrogens with two attached hydrogens (primary N) is 1. The normalized spacial score (nSPS) is 27.1. The molecule has 0 amide bonds. The minimum Gasteiger partial charge on any atom is -0.333 e. The Morgan fingerprint density at radius 1 is 0.938 bits per heavy atom. The Bertz CT molecular complexity index is 301. The third kappa shape index (κ3) is 2.46. The summed E-state index contributed by atoms with van der Waals surface area (Å²) in [6.45, 7) is 0. The van der Waals surface area contributed by atoms with Crippen molar-refractivity contribution in [3.05, 3.63) is 35.4 Å². The molecule has 0 aliphatic heterocycles. The molecule has 2 atom stereocenters. The van der Waals surface area contributed by atoms with Crippen LogP contribution in [0.15, 0.2) is 24.3 Å². The molecule has 1 fully saturated rings. The highest BCUT2D eigenvalue weighted by Gasteiger charge is 2.26. The van der Waals surface area contributed by atoms with Crippen LogP contribution >= 0.6 is 0 Å². The number of benzene rings is 1. The third-order valence-electron chi connectivity index (χ3n) is 4.03. The lowest BCUT2D eigenvalue weighted by Gasteiger charge is -2.25. The van der Waals surface area contributed by atoms with Crippen molar-refractivity contribution in [1.82, 2.24) is 0 Å². The molecule has 1 nitrogen and oxygen atoms in total. The van der Waals surface area contributed by atoms with Crippen molar-refractivity contribution in [1.29, 1.82) is 0 Å². The summed E-state index contributed by atoms with van der Waals surface area (Å²) in [4.78, 5) is 0. The van der Waals surface area contributed by atoms with E-state index in [0.29, 0.717) is 0 Å². The second kappa shape index (κ2) is 5.49. The maximum absolute atomic E-state index is 4.50. The lowest BCUT2D eigenvalue weighted by Crippen LogP contribution is -2.15. The van der Waals surface area contributed by atoms with E-state index < -0.39 is 0 Å². The van der Waals surface area contributed by atoms with Gasteiger partial charge in [0.05, 0.1) is 0 Å². The van der Waals surface area contributed by atoms with E-state index in [4.69, 9.17) is 0 Å². The second-order valence-corrected chi connectivity index (χ2v) is 5.08. The van der Waals surface area contributed by atoms with Gasteiger partial charge in [0.25, 0.3) is 0 Å². The zero-order valence-corrected chi connectivity index (χ0v) is 10.3. The Kier molecular flexibility index (Phi) is 4.00. The smallest absolute Gasteiger partial charge is 0.0195 e. The average Bonchev–Trinajstić information content (AvgIpc) is 2.46. The number of hydrogen-bond acceptors (Lipinski definition) is 1. The molecule has 1 aromatic carbocycles. The fraction of sp³-hybridized carbons (Fsp3) is 0.600. The topological polar surface area (TPSA) is 26.0 Å². The summed E-state index contributed by atoms with van der Waals surface area (Å²) in [6.07, 6.45) is 8.63. The predicted octanol–water partition coefficient (Wildman–Crippen LogP) is 3.17. The quantitative estimate of drug-likeness (QED) is 0.709. The zero-order chi connectivity index (χ0) is 11.4. The molecular formula is C15H23N. The molecule has 3 rings (SSSR count). The largest absolute Gasteiger partial charge is 0.333 e. The molecule has 1 saturated carbocycles. The van der Waals surface area contributed by atoms with Crippen molar-refractivity contribution in [2.45, 2.75) is 38.5 Å². The van der Waals surface area contributed by atoms with Crippen molar-refractivity contribution in [3.63, 3.8) is 0 Å². The Morgan fingerprint density at radius 3 is 1.94 bits per heavy atom. The minimum atomic E-state index is 0.998. The van der Waals surface area contributed by atoms with Gasteiger partial charge in [0.15, 0.2) is 0 Å².